The van der Waals surface area contributed by atoms with Crippen LogP contribution in [0.5, 0.6) is 0 Å². The summed E-state index contributed by atoms with van der Waals surface area (Å²) in [5, 5.41) is 13.0. The fraction of sp³-hybridized carbons (Fsp3) is 0.400. The second-order valence-electron chi connectivity index (χ2n) is 5.73. The van der Waals surface area contributed by atoms with Crippen LogP contribution in [-0.2, 0) is 9.53 Å². The molecule has 1 aliphatic heterocycles. The summed E-state index contributed by atoms with van der Waals surface area (Å²) in [6.45, 7) is 2.67. The van der Waals surface area contributed by atoms with Crippen molar-refractivity contribution in [2.75, 3.05) is 17.7 Å². The molecule has 1 fully saturated rings. The number of amides is 1. The molecule has 3 aromatic heterocycles. The lowest BCUT2D eigenvalue weighted by Gasteiger charge is -2.02. The number of aryl methyl sites for hydroxylation is 1. The van der Waals surface area contributed by atoms with Crippen molar-refractivity contribution < 1.29 is 9.53 Å². The van der Waals surface area contributed by atoms with E-state index < -0.39 is 0 Å². The highest BCUT2D eigenvalue weighted by atomic mass is 32.2. The number of nitrogens with one attached hydrogen (secondary N) is 2. The molecule has 1 saturated heterocycles. The smallest absolute Gasteiger partial charge is 0.260 e. The molecule has 1 aliphatic rings. The Labute approximate surface area is 160 Å². The Hall–Kier alpha value is -1.82. The van der Waals surface area contributed by atoms with Gasteiger partial charge in [0, 0.05) is 11.5 Å². The molecule has 0 bridgehead atoms. The SMILES string of the molecule is Cc1cc2c(=O)[nH]c(SCC(=O)Nc3nnc(C4CCCO4)s3)nc2s1. The third-order valence-electron chi connectivity index (χ3n) is 3.74. The summed E-state index contributed by atoms with van der Waals surface area (Å²) in [4.78, 5) is 33.0. The number of nitrogens with zero attached hydrogens (tertiary/aromatic N) is 3. The van der Waals surface area contributed by atoms with E-state index in [4.69, 9.17) is 4.74 Å². The molecule has 4 heterocycles. The van der Waals surface area contributed by atoms with Crippen LogP contribution in [0.3, 0.4) is 0 Å². The fourth-order valence-corrected chi connectivity index (χ4v) is 5.02. The van der Waals surface area contributed by atoms with Crippen molar-refractivity contribution in [3.63, 3.8) is 0 Å². The number of H-pyrrole nitrogens is 1. The van der Waals surface area contributed by atoms with E-state index in [1.54, 1.807) is 0 Å². The average molecular weight is 410 g/mol. The van der Waals surface area contributed by atoms with Gasteiger partial charge in [0.05, 0.1) is 11.1 Å². The lowest BCUT2D eigenvalue weighted by molar-refractivity contribution is -0.113. The Bertz CT molecular complexity index is 1010. The van der Waals surface area contributed by atoms with Crippen LogP contribution in [0.15, 0.2) is 16.0 Å². The van der Waals surface area contributed by atoms with Gasteiger partial charge in [-0.3, -0.25) is 14.9 Å². The Morgan fingerprint density at radius 2 is 2.35 bits per heavy atom. The molecule has 4 rings (SSSR count). The minimum absolute atomic E-state index is 0.0113. The van der Waals surface area contributed by atoms with Gasteiger partial charge in [-0.15, -0.1) is 21.5 Å². The zero-order valence-corrected chi connectivity index (χ0v) is 16.2. The molecule has 1 amide bonds. The van der Waals surface area contributed by atoms with Crippen LogP contribution in [0.25, 0.3) is 10.2 Å². The van der Waals surface area contributed by atoms with E-state index in [1.807, 2.05) is 13.0 Å². The lowest BCUT2D eigenvalue weighted by Crippen LogP contribution is -2.15. The van der Waals surface area contributed by atoms with Crippen LogP contribution < -0.4 is 10.9 Å². The van der Waals surface area contributed by atoms with Crippen LogP contribution in [-0.4, -0.2) is 38.4 Å². The quantitative estimate of drug-likeness (QED) is 0.492. The summed E-state index contributed by atoms with van der Waals surface area (Å²) in [7, 11) is 0. The van der Waals surface area contributed by atoms with E-state index in [2.05, 4.69) is 25.5 Å². The molecule has 11 heteroatoms. The van der Waals surface area contributed by atoms with Gasteiger partial charge < -0.3 is 9.72 Å². The fourth-order valence-electron chi connectivity index (χ4n) is 2.58. The number of anilines is 1. The van der Waals surface area contributed by atoms with Gasteiger partial charge in [-0.2, -0.15) is 0 Å². The summed E-state index contributed by atoms with van der Waals surface area (Å²) in [6, 6.07) is 1.81. The van der Waals surface area contributed by atoms with Gasteiger partial charge in [-0.05, 0) is 25.8 Å². The number of hydrogen-bond acceptors (Lipinski definition) is 9. The van der Waals surface area contributed by atoms with E-state index in [-0.39, 0.29) is 23.3 Å². The second-order valence-corrected chi connectivity index (χ2v) is 8.94. The normalized spacial score (nSPS) is 17.0. The van der Waals surface area contributed by atoms with Crippen molar-refractivity contribution in [3.05, 3.63) is 26.3 Å². The molecular formula is C15H15N5O3S3. The standard InChI is InChI=1S/C15H15N5O3S3/c1-7-5-8-11(22)17-14(18-12(8)25-7)24-6-10(21)16-15-20-19-13(26-15)9-3-2-4-23-9/h5,9H,2-4,6H2,1H3,(H,16,20,21)(H,17,18,22). The van der Waals surface area contributed by atoms with Gasteiger partial charge in [0.2, 0.25) is 11.0 Å². The molecule has 0 aromatic carbocycles. The zero-order valence-electron chi connectivity index (χ0n) is 13.8. The van der Waals surface area contributed by atoms with E-state index in [9.17, 15) is 9.59 Å². The van der Waals surface area contributed by atoms with Crippen molar-refractivity contribution in [3.8, 4) is 0 Å². The first-order valence-corrected chi connectivity index (χ1v) is 10.6. The number of fused-ring (bicyclic) bond motifs is 1. The van der Waals surface area contributed by atoms with Gasteiger partial charge in [0.1, 0.15) is 15.9 Å². The lowest BCUT2D eigenvalue weighted by atomic mass is 10.2. The molecular weight excluding hydrogens is 394 g/mol. The zero-order chi connectivity index (χ0) is 18.1. The monoisotopic (exact) mass is 409 g/mol. The first-order chi connectivity index (χ1) is 12.6. The van der Waals surface area contributed by atoms with E-state index >= 15 is 0 Å². The molecule has 0 saturated carbocycles. The van der Waals surface area contributed by atoms with Crippen LogP contribution in [0.4, 0.5) is 5.13 Å². The van der Waals surface area contributed by atoms with Crippen molar-refractivity contribution in [1.82, 2.24) is 20.2 Å². The summed E-state index contributed by atoms with van der Waals surface area (Å²) in [6.07, 6.45) is 1.94. The Morgan fingerprint density at radius 3 is 3.15 bits per heavy atom. The van der Waals surface area contributed by atoms with Gasteiger partial charge in [0.25, 0.3) is 5.56 Å². The Kier molecular flexibility index (Phi) is 5.02. The molecule has 1 unspecified atom stereocenters. The van der Waals surface area contributed by atoms with Crippen molar-refractivity contribution >= 4 is 55.7 Å². The molecule has 0 radical (unpaired) electrons. The topological polar surface area (TPSA) is 110 Å². The van der Waals surface area contributed by atoms with Crippen molar-refractivity contribution in [1.29, 1.82) is 0 Å². The first-order valence-electron chi connectivity index (χ1n) is 7.96. The van der Waals surface area contributed by atoms with Crippen LogP contribution >= 0.6 is 34.4 Å². The Balaban J connectivity index is 1.37. The summed E-state index contributed by atoms with van der Waals surface area (Å²) >= 11 is 3.96. The maximum Gasteiger partial charge on any atom is 0.260 e. The highest BCUT2D eigenvalue weighted by molar-refractivity contribution is 7.99. The van der Waals surface area contributed by atoms with Crippen LogP contribution in [0.2, 0.25) is 0 Å². The van der Waals surface area contributed by atoms with Crippen LogP contribution in [0.1, 0.15) is 28.8 Å². The van der Waals surface area contributed by atoms with Gasteiger partial charge in [-0.1, -0.05) is 23.1 Å². The van der Waals surface area contributed by atoms with Crippen LogP contribution in [0, 0.1) is 6.92 Å². The number of aromatic nitrogens is 4. The third kappa shape index (κ3) is 3.80. The molecule has 0 aliphatic carbocycles. The largest absolute Gasteiger partial charge is 0.371 e. The Morgan fingerprint density at radius 1 is 1.46 bits per heavy atom. The molecule has 1 atom stereocenters. The predicted octanol–water partition coefficient (Wildman–Crippen LogP) is 2.73. The number of ether oxygens (including phenoxy) is 1. The number of rotatable bonds is 5. The van der Waals surface area contributed by atoms with Crippen molar-refractivity contribution in [2.24, 2.45) is 0 Å². The second kappa shape index (κ2) is 7.43. The minimum Gasteiger partial charge on any atom is -0.371 e. The molecule has 136 valence electrons. The van der Waals surface area contributed by atoms with E-state index in [0.717, 1.165) is 29.3 Å². The van der Waals surface area contributed by atoms with E-state index in [1.165, 1.54) is 34.4 Å². The van der Waals surface area contributed by atoms with Crippen molar-refractivity contribution in [2.45, 2.75) is 31.0 Å². The number of thioether (sulfide) groups is 1. The highest BCUT2D eigenvalue weighted by Gasteiger charge is 2.22. The third-order valence-corrected chi connectivity index (χ3v) is 6.48. The average Bonchev–Trinajstić information content (AvgIpc) is 3.32. The van der Waals surface area contributed by atoms with Gasteiger partial charge >= 0.3 is 0 Å². The maximum absolute atomic E-state index is 12.1. The number of carbonyl (C=O) groups excluding carboxylic acids is 1. The summed E-state index contributed by atoms with van der Waals surface area (Å²) in [5.41, 5.74) is -0.187. The minimum atomic E-state index is -0.227. The summed E-state index contributed by atoms with van der Waals surface area (Å²) < 4.78 is 5.56. The number of carbonyl (C=O) groups is 1. The molecule has 8 nitrogen and oxygen atoms in total. The molecule has 3 aromatic rings. The van der Waals surface area contributed by atoms with E-state index in [0.29, 0.717) is 20.5 Å². The van der Waals surface area contributed by atoms with Gasteiger partial charge in [-0.25, -0.2) is 4.98 Å². The summed E-state index contributed by atoms with van der Waals surface area (Å²) in [5.74, 6) is -0.108. The highest BCUT2D eigenvalue weighted by Crippen LogP contribution is 2.32. The number of thiophene rings is 1. The number of hydrogen-bond donors (Lipinski definition) is 2. The predicted molar refractivity (Wildman–Crippen MR) is 102 cm³/mol. The first kappa shape index (κ1) is 17.6. The maximum atomic E-state index is 12.1. The molecule has 26 heavy (non-hydrogen) atoms. The molecule has 0 spiro atoms. The number of aromatic amines is 1. The molecule has 2 N–H and O–H groups in total. The van der Waals surface area contributed by atoms with Gasteiger partial charge in [0.15, 0.2) is 5.16 Å².